The van der Waals surface area contributed by atoms with Crippen LogP contribution in [0.25, 0.3) is 5.52 Å². The van der Waals surface area contributed by atoms with Crippen molar-refractivity contribution in [3.63, 3.8) is 0 Å². The van der Waals surface area contributed by atoms with Gasteiger partial charge in [0.05, 0.1) is 29.8 Å². The van der Waals surface area contributed by atoms with E-state index in [0.29, 0.717) is 11.8 Å². The summed E-state index contributed by atoms with van der Waals surface area (Å²) < 4.78 is 2.11. The van der Waals surface area contributed by atoms with E-state index in [1.54, 1.807) is 0 Å². The first-order chi connectivity index (χ1) is 10.3. The monoisotopic (exact) mass is 284 g/mol. The smallest absolute Gasteiger partial charge is 0.0995 e. The fraction of sp³-hybridized carbons (Fsp3) is 0.611. The second-order valence-corrected chi connectivity index (χ2v) is 6.89. The highest BCUT2D eigenvalue weighted by atomic mass is 16.3. The van der Waals surface area contributed by atoms with Crippen molar-refractivity contribution in [3.05, 3.63) is 35.9 Å². The van der Waals surface area contributed by atoms with Crippen molar-refractivity contribution >= 4 is 5.52 Å². The fourth-order valence-corrected chi connectivity index (χ4v) is 3.97. The van der Waals surface area contributed by atoms with Gasteiger partial charge in [-0.3, -0.25) is 0 Å². The van der Waals surface area contributed by atoms with E-state index in [1.807, 2.05) is 12.5 Å². The Morgan fingerprint density at radius 2 is 1.95 bits per heavy atom. The van der Waals surface area contributed by atoms with Crippen molar-refractivity contribution in [1.29, 1.82) is 0 Å². The molecule has 2 aliphatic rings. The average molecular weight is 284 g/mol. The van der Waals surface area contributed by atoms with Gasteiger partial charge in [0.1, 0.15) is 0 Å². The van der Waals surface area contributed by atoms with Crippen molar-refractivity contribution in [2.75, 3.05) is 0 Å². The summed E-state index contributed by atoms with van der Waals surface area (Å²) in [6.07, 6.45) is 13.5. The van der Waals surface area contributed by atoms with E-state index in [1.165, 1.54) is 50.5 Å². The number of fused-ring (bicyclic) bond motifs is 1. The van der Waals surface area contributed by atoms with Crippen LogP contribution in [0.15, 0.2) is 24.7 Å². The summed E-state index contributed by atoms with van der Waals surface area (Å²) in [5.74, 6) is 1.35. The zero-order chi connectivity index (χ0) is 14.2. The third-order valence-electron chi connectivity index (χ3n) is 5.27. The van der Waals surface area contributed by atoms with Crippen LogP contribution in [-0.2, 0) is 0 Å². The van der Waals surface area contributed by atoms with E-state index < -0.39 is 0 Å². The summed E-state index contributed by atoms with van der Waals surface area (Å²) in [5.41, 5.74) is 3.55. The molecule has 0 saturated heterocycles. The number of aliphatic hydroxyl groups is 1. The molecule has 0 spiro atoms. The van der Waals surface area contributed by atoms with Crippen LogP contribution in [0.5, 0.6) is 0 Å². The van der Waals surface area contributed by atoms with Gasteiger partial charge in [0.15, 0.2) is 0 Å². The summed E-state index contributed by atoms with van der Waals surface area (Å²) in [5, 5.41) is 10.9. The maximum Gasteiger partial charge on any atom is 0.0995 e. The second-order valence-electron chi connectivity index (χ2n) is 6.89. The van der Waals surface area contributed by atoms with Crippen LogP contribution in [0.2, 0.25) is 0 Å². The van der Waals surface area contributed by atoms with Gasteiger partial charge in [-0.25, -0.2) is 4.98 Å². The van der Waals surface area contributed by atoms with Crippen LogP contribution in [0, 0.1) is 5.92 Å². The molecule has 2 aromatic heterocycles. The summed E-state index contributed by atoms with van der Waals surface area (Å²) in [7, 11) is 0. The first kappa shape index (κ1) is 13.3. The molecular weight excluding hydrogens is 260 g/mol. The van der Waals surface area contributed by atoms with E-state index in [0.717, 1.165) is 17.6 Å². The number of pyridine rings is 1. The Morgan fingerprint density at radius 3 is 2.71 bits per heavy atom. The molecule has 2 aromatic rings. The maximum absolute atomic E-state index is 10.9. The van der Waals surface area contributed by atoms with Crippen LogP contribution in [0.3, 0.4) is 0 Å². The third-order valence-corrected chi connectivity index (χ3v) is 5.27. The van der Waals surface area contributed by atoms with Gasteiger partial charge in [-0.2, -0.15) is 0 Å². The summed E-state index contributed by atoms with van der Waals surface area (Å²) in [6.45, 7) is 0. The quantitative estimate of drug-likeness (QED) is 0.913. The molecule has 3 nitrogen and oxygen atoms in total. The molecule has 0 radical (unpaired) electrons. The zero-order valence-corrected chi connectivity index (χ0v) is 12.5. The maximum atomic E-state index is 10.9. The highest BCUT2D eigenvalue weighted by Crippen LogP contribution is 2.44. The molecule has 1 N–H and O–H groups in total. The molecular formula is C18H24N2O. The SMILES string of the molecule is O[C@@H](CC1CCCCC1)c1c(C2CC2)ccc2cncn12. The first-order valence-electron chi connectivity index (χ1n) is 8.46. The predicted molar refractivity (Wildman–Crippen MR) is 83.3 cm³/mol. The van der Waals surface area contributed by atoms with Crippen molar-refractivity contribution in [2.24, 2.45) is 5.92 Å². The Labute approximate surface area is 126 Å². The molecule has 3 heteroatoms. The molecule has 2 fully saturated rings. The van der Waals surface area contributed by atoms with Crippen molar-refractivity contribution in [3.8, 4) is 0 Å². The molecule has 0 aromatic carbocycles. The molecule has 112 valence electrons. The number of rotatable bonds is 4. The standard InChI is InChI=1S/C18H24N2O/c21-17(10-13-4-2-1-3-5-13)18-16(14-6-7-14)9-8-15-11-19-12-20(15)18/h8-9,11-14,17,21H,1-7,10H2/t17-/m0/s1. The second kappa shape index (κ2) is 5.45. The normalized spacial score (nSPS) is 21.8. The molecule has 0 bridgehead atoms. The number of aromatic nitrogens is 2. The van der Waals surface area contributed by atoms with Crippen LogP contribution >= 0.6 is 0 Å². The van der Waals surface area contributed by atoms with Crippen LogP contribution in [-0.4, -0.2) is 14.5 Å². The van der Waals surface area contributed by atoms with E-state index in [4.69, 9.17) is 0 Å². The molecule has 21 heavy (non-hydrogen) atoms. The van der Waals surface area contributed by atoms with Crippen molar-refractivity contribution in [1.82, 2.24) is 9.38 Å². The van der Waals surface area contributed by atoms with Crippen molar-refractivity contribution < 1.29 is 5.11 Å². The largest absolute Gasteiger partial charge is 0.387 e. The summed E-state index contributed by atoms with van der Waals surface area (Å²) >= 11 is 0. The third kappa shape index (κ3) is 2.59. The lowest BCUT2D eigenvalue weighted by Crippen LogP contribution is -2.14. The molecule has 0 aliphatic heterocycles. The fourth-order valence-electron chi connectivity index (χ4n) is 3.97. The lowest BCUT2D eigenvalue weighted by Gasteiger charge is -2.25. The molecule has 4 rings (SSSR count). The summed E-state index contributed by atoms with van der Waals surface area (Å²) in [4.78, 5) is 4.26. The van der Waals surface area contributed by atoms with E-state index >= 15 is 0 Å². The van der Waals surface area contributed by atoms with E-state index in [9.17, 15) is 5.11 Å². The minimum Gasteiger partial charge on any atom is -0.387 e. The lowest BCUT2D eigenvalue weighted by atomic mass is 9.84. The minimum atomic E-state index is -0.346. The molecule has 2 heterocycles. The van der Waals surface area contributed by atoms with Gasteiger partial charge in [0.2, 0.25) is 0 Å². The van der Waals surface area contributed by atoms with Crippen LogP contribution < -0.4 is 0 Å². The van der Waals surface area contributed by atoms with Gasteiger partial charge in [-0.05, 0) is 42.7 Å². The Hall–Kier alpha value is -1.35. The number of hydrogen-bond donors (Lipinski definition) is 1. The first-order valence-corrected chi connectivity index (χ1v) is 8.46. The van der Waals surface area contributed by atoms with E-state index in [-0.39, 0.29) is 6.10 Å². The Balaban J connectivity index is 1.66. The molecule has 1 atom stereocenters. The Kier molecular flexibility index (Phi) is 3.46. The van der Waals surface area contributed by atoms with Gasteiger partial charge in [0, 0.05) is 0 Å². The Bertz CT molecular complexity index is 623. The topological polar surface area (TPSA) is 37.5 Å². The lowest BCUT2D eigenvalue weighted by molar-refractivity contribution is 0.125. The van der Waals surface area contributed by atoms with Gasteiger partial charge < -0.3 is 9.51 Å². The average Bonchev–Trinajstić information content (AvgIpc) is 3.24. The van der Waals surface area contributed by atoms with Gasteiger partial charge in [-0.15, -0.1) is 0 Å². The molecule has 0 unspecified atom stereocenters. The number of nitrogens with zero attached hydrogens (tertiary/aromatic N) is 2. The van der Waals surface area contributed by atoms with Crippen molar-refractivity contribution in [2.45, 2.75) is 63.4 Å². The predicted octanol–water partition coefficient (Wildman–Crippen LogP) is 4.22. The van der Waals surface area contributed by atoms with E-state index in [2.05, 4.69) is 21.5 Å². The van der Waals surface area contributed by atoms with Crippen LogP contribution in [0.4, 0.5) is 0 Å². The van der Waals surface area contributed by atoms with Crippen LogP contribution in [0.1, 0.15) is 74.6 Å². The molecule has 2 saturated carbocycles. The minimum absolute atomic E-state index is 0.346. The summed E-state index contributed by atoms with van der Waals surface area (Å²) in [6, 6.07) is 4.35. The highest BCUT2D eigenvalue weighted by molar-refractivity contribution is 5.50. The zero-order valence-electron chi connectivity index (χ0n) is 12.5. The number of hydrogen-bond acceptors (Lipinski definition) is 2. The van der Waals surface area contributed by atoms with Gasteiger partial charge in [-0.1, -0.05) is 38.2 Å². The van der Waals surface area contributed by atoms with Gasteiger partial charge in [0.25, 0.3) is 0 Å². The molecule has 2 aliphatic carbocycles. The molecule has 0 amide bonds. The highest BCUT2D eigenvalue weighted by Gasteiger charge is 2.30. The number of imidazole rings is 1. The number of aliphatic hydroxyl groups excluding tert-OH is 1. The van der Waals surface area contributed by atoms with Gasteiger partial charge >= 0.3 is 0 Å². The Morgan fingerprint density at radius 1 is 1.14 bits per heavy atom.